The lowest BCUT2D eigenvalue weighted by atomic mass is 9.97. The lowest BCUT2D eigenvalue weighted by molar-refractivity contribution is -0.128. The van der Waals surface area contributed by atoms with Gasteiger partial charge in [0.2, 0.25) is 5.91 Å². The fraction of sp³-hybridized carbons (Fsp3) is 0.200. The molecule has 1 aliphatic heterocycles. The molecular weight excluding hydrogens is 396 g/mol. The number of halogens is 1. The monoisotopic (exact) mass is 418 g/mol. The van der Waals surface area contributed by atoms with Gasteiger partial charge in [-0.3, -0.25) is 14.5 Å². The first-order valence-electron chi connectivity index (χ1n) is 9.88. The van der Waals surface area contributed by atoms with Crippen LogP contribution < -0.4 is 9.80 Å². The topological polar surface area (TPSA) is 40.6 Å². The van der Waals surface area contributed by atoms with E-state index < -0.39 is 6.04 Å². The fourth-order valence-electron chi connectivity index (χ4n) is 3.86. The van der Waals surface area contributed by atoms with Gasteiger partial charge in [-0.25, -0.2) is 0 Å². The minimum absolute atomic E-state index is 0.00584. The Hall–Kier alpha value is -3.11. The zero-order valence-electron chi connectivity index (χ0n) is 17.2. The zero-order chi connectivity index (χ0) is 21.4. The predicted octanol–water partition coefficient (Wildman–Crippen LogP) is 5.39. The molecule has 1 heterocycles. The number of hydrogen-bond donors (Lipinski definition) is 0. The van der Waals surface area contributed by atoms with E-state index >= 15 is 0 Å². The van der Waals surface area contributed by atoms with Crippen molar-refractivity contribution < 1.29 is 9.59 Å². The summed E-state index contributed by atoms with van der Waals surface area (Å²) in [6.07, 6.45) is 0. The van der Waals surface area contributed by atoms with Gasteiger partial charge in [0.25, 0.3) is 5.91 Å². The Morgan fingerprint density at radius 3 is 2.20 bits per heavy atom. The van der Waals surface area contributed by atoms with Crippen LogP contribution in [0.15, 0.2) is 66.7 Å². The number of aryl methyl sites for hydroxylation is 2. The maximum atomic E-state index is 13.8. The summed E-state index contributed by atoms with van der Waals surface area (Å²) in [7, 11) is 0. The summed E-state index contributed by atoms with van der Waals surface area (Å²) in [5.41, 5.74) is 5.40. The van der Waals surface area contributed by atoms with E-state index in [1.165, 1.54) is 0 Å². The minimum Gasteiger partial charge on any atom is -0.301 e. The number of hydrogen-bond acceptors (Lipinski definition) is 2. The third-order valence-electron chi connectivity index (χ3n) is 5.68. The number of benzene rings is 3. The van der Waals surface area contributed by atoms with Gasteiger partial charge in [0, 0.05) is 16.4 Å². The summed E-state index contributed by atoms with van der Waals surface area (Å²) in [5.74, 6) is -0.259. The number of rotatable bonds is 3. The second-order valence-corrected chi connectivity index (χ2v) is 8.13. The van der Waals surface area contributed by atoms with Crippen molar-refractivity contribution in [1.82, 2.24) is 0 Å². The van der Waals surface area contributed by atoms with Crippen molar-refractivity contribution in [2.75, 3.05) is 16.3 Å². The molecule has 0 aliphatic carbocycles. The highest BCUT2D eigenvalue weighted by Crippen LogP contribution is 2.36. The van der Waals surface area contributed by atoms with Gasteiger partial charge < -0.3 is 4.90 Å². The summed E-state index contributed by atoms with van der Waals surface area (Å²) in [6.45, 7) is 5.98. The summed E-state index contributed by atoms with van der Waals surface area (Å²) in [6, 6.07) is 19.9. The Balaban J connectivity index is 1.84. The smallest absolute Gasteiger partial charge is 0.255 e. The molecule has 0 saturated carbocycles. The predicted molar refractivity (Wildman–Crippen MR) is 121 cm³/mol. The van der Waals surface area contributed by atoms with Crippen molar-refractivity contribution in [3.63, 3.8) is 0 Å². The minimum atomic E-state index is -0.743. The van der Waals surface area contributed by atoms with E-state index in [-0.39, 0.29) is 18.4 Å². The molecule has 4 nitrogen and oxygen atoms in total. The average Bonchev–Trinajstić information content (AvgIpc) is 2.73. The van der Waals surface area contributed by atoms with E-state index in [0.29, 0.717) is 10.7 Å². The molecule has 0 bridgehead atoms. The van der Waals surface area contributed by atoms with Gasteiger partial charge >= 0.3 is 0 Å². The third-order valence-corrected chi connectivity index (χ3v) is 5.94. The number of piperazine rings is 1. The van der Waals surface area contributed by atoms with Crippen LogP contribution in [0.3, 0.4) is 0 Å². The lowest BCUT2D eigenvalue weighted by Gasteiger charge is -2.41. The third kappa shape index (κ3) is 3.59. The molecule has 30 heavy (non-hydrogen) atoms. The van der Waals surface area contributed by atoms with E-state index in [1.807, 2.05) is 63.2 Å². The van der Waals surface area contributed by atoms with Gasteiger partial charge in [-0.2, -0.15) is 0 Å². The number of anilines is 2. The molecule has 3 aromatic carbocycles. The standard InChI is InChI=1S/C25H23ClN2O2/c1-16-7-9-19(10-8-16)24-25(30)27(22-6-4-5-17(2)18(22)3)15-23(29)28(24)21-13-11-20(26)12-14-21/h4-14,24H,15H2,1-3H3/t24-/m1/s1. The molecule has 1 aliphatic rings. The van der Waals surface area contributed by atoms with Gasteiger partial charge in [-0.15, -0.1) is 0 Å². The Labute approximate surface area is 181 Å². The zero-order valence-corrected chi connectivity index (χ0v) is 18.0. The molecule has 3 aromatic rings. The molecule has 0 unspecified atom stereocenters. The second-order valence-electron chi connectivity index (χ2n) is 7.70. The quantitative estimate of drug-likeness (QED) is 0.572. The van der Waals surface area contributed by atoms with Crippen LogP contribution in [0.5, 0.6) is 0 Å². The van der Waals surface area contributed by atoms with Gasteiger partial charge in [0.15, 0.2) is 0 Å². The van der Waals surface area contributed by atoms with Crippen LogP contribution >= 0.6 is 11.6 Å². The Bertz CT molecular complexity index is 1110. The lowest BCUT2D eigenvalue weighted by Crippen LogP contribution is -2.56. The maximum absolute atomic E-state index is 13.8. The number of carbonyl (C=O) groups is 2. The van der Waals surface area contributed by atoms with E-state index in [1.54, 1.807) is 34.1 Å². The van der Waals surface area contributed by atoms with Gasteiger partial charge in [0.05, 0.1) is 0 Å². The molecule has 5 heteroatoms. The maximum Gasteiger partial charge on any atom is 0.255 e. The van der Waals surface area contributed by atoms with E-state index in [0.717, 1.165) is 27.9 Å². The summed E-state index contributed by atoms with van der Waals surface area (Å²) in [4.78, 5) is 30.3. The van der Waals surface area contributed by atoms with Crippen LogP contribution in [0.25, 0.3) is 0 Å². The van der Waals surface area contributed by atoms with Crippen LogP contribution in [0.4, 0.5) is 11.4 Å². The van der Waals surface area contributed by atoms with Crippen LogP contribution in [0.2, 0.25) is 5.02 Å². The van der Waals surface area contributed by atoms with Gasteiger partial charge in [0.1, 0.15) is 12.6 Å². The first-order valence-corrected chi connectivity index (χ1v) is 10.3. The molecule has 0 N–H and O–H groups in total. The molecule has 0 spiro atoms. The molecule has 4 rings (SSSR count). The van der Waals surface area contributed by atoms with Crippen molar-refractivity contribution in [1.29, 1.82) is 0 Å². The van der Waals surface area contributed by atoms with Crippen molar-refractivity contribution in [3.05, 3.63) is 94.0 Å². The Morgan fingerprint density at radius 1 is 0.867 bits per heavy atom. The van der Waals surface area contributed by atoms with Crippen LogP contribution in [0, 0.1) is 20.8 Å². The van der Waals surface area contributed by atoms with Crippen LogP contribution in [-0.2, 0) is 9.59 Å². The summed E-state index contributed by atoms with van der Waals surface area (Å²) < 4.78 is 0. The highest BCUT2D eigenvalue weighted by Gasteiger charge is 2.42. The second kappa shape index (κ2) is 7.96. The molecule has 1 saturated heterocycles. The summed E-state index contributed by atoms with van der Waals surface area (Å²) >= 11 is 6.04. The largest absolute Gasteiger partial charge is 0.301 e. The van der Waals surface area contributed by atoms with Crippen molar-refractivity contribution in [2.45, 2.75) is 26.8 Å². The molecule has 0 radical (unpaired) electrons. The van der Waals surface area contributed by atoms with Crippen LogP contribution in [-0.4, -0.2) is 18.4 Å². The molecule has 152 valence electrons. The first kappa shape index (κ1) is 20.2. The highest BCUT2D eigenvalue weighted by molar-refractivity contribution is 6.30. The summed E-state index contributed by atoms with van der Waals surface area (Å²) in [5, 5.41) is 0.582. The molecule has 0 aromatic heterocycles. The average molecular weight is 419 g/mol. The normalized spacial score (nSPS) is 16.9. The molecule has 2 amide bonds. The van der Waals surface area contributed by atoms with Gasteiger partial charge in [-0.05, 0) is 67.8 Å². The Morgan fingerprint density at radius 2 is 1.53 bits per heavy atom. The molecule has 1 atom stereocenters. The fourth-order valence-corrected chi connectivity index (χ4v) is 3.98. The first-order chi connectivity index (χ1) is 14.4. The molecule has 1 fully saturated rings. The van der Waals surface area contributed by atoms with E-state index in [9.17, 15) is 9.59 Å². The van der Waals surface area contributed by atoms with Gasteiger partial charge in [-0.1, -0.05) is 53.6 Å². The SMILES string of the molecule is Cc1ccc([C@@H]2C(=O)N(c3cccc(C)c3C)CC(=O)N2c2ccc(Cl)cc2)cc1. The highest BCUT2D eigenvalue weighted by atomic mass is 35.5. The van der Waals surface area contributed by atoms with Crippen molar-refractivity contribution in [3.8, 4) is 0 Å². The van der Waals surface area contributed by atoms with Crippen molar-refractivity contribution >= 4 is 34.8 Å². The van der Waals surface area contributed by atoms with E-state index in [2.05, 4.69) is 0 Å². The van der Waals surface area contributed by atoms with Crippen molar-refractivity contribution in [2.24, 2.45) is 0 Å². The number of amides is 2. The number of carbonyl (C=O) groups excluding carboxylic acids is 2. The Kier molecular flexibility index (Phi) is 5.35. The molecular formula is C25H23ClN2O2. The van der Waals surface area contributed by atoms with E-state index in [4.69, 9.17) is 11.6 Å². The number of nitrogens with zero attached hydrogens (tertiary/aromatic N) is 2. The van der Waals surface area contributed by atoms with Crippen LogP contribution in [0.1, 0.15) is 28.3 Å².